The lowest BCUT2D eigenvalue weighted by Gasteiger charge is -2.21. The fourth-order valence-corrected chi connectivity index (χ4v) is 3.29. The zero-order chi connectivity index (χ0) is 21.2. The molecule has 3 rings (SSSR count). The highest BCUT2D eigenvalue weighted by atomic mass is 16.5. The molecule has 3 aromatic carbocycles. The molecule has 0 radical (unpaired) electrons. The van der Waals surface area contributed by atoms with Crippen LogP contribution in [0.1, 0.15) is 24.0 Å². The number of hydrogen-bond donors (Lipinski definition) is 1. The number of rotatable bonds is 11. The van der Waals surface area contributed by atoms with Crippen LogP contribution in [-0.2, 0) is 11.3 Å². The SMILES string of the molecule is COCCNCC(C)c1ccc(N(C)c2ccc(OCc3ccccc3)cc2)cc1. The smallest absolute Gasteiger partial charge is 0.119 e. The summed E-state index contributed by atoms with van der Waals surface area (Å²) in [5.74, 6) is 1.34. The Balaban J connectivity index is 1.54. The summed E-state index contributed by atoms with van der Waals surface area (Å²) < 4.78 is 11.0. The van der Waals surface area contributed by atoms with Crippen molar-refractivity contribution >= 4 is 11.4 Å². The van der Waals surface area contributed by atoms with Crippen molar-refractivity contribution in [3.63, 3.8) is 0 Å². The molecule has 0 saturated carbocycles. The molecule has 0 aliphatic carbocycles. The third-order valence-corrected chi connectivity index (χ3v) is 5.26. The van der Waals surface area contributed by atoms with Crippen LogP contribution >= 0.6 is 0 Å². The molecular weight excluding hydrogens is 372 g/mol. The Bertz CT molecular complexity index is 864. The number of nitrogens with one attached hydrogen (secondary N) is 1. The van der Waals surface area contributed by atoms with Crippen molar-refractivity contribution in [3.05, 3.63) is 90.0 Å². The first-order valence-electron chi connectivity index (χ1n) is 10.5. The van der Waals surface area contributed by atoms with Crippen molar-refractivity contribution in [2.24, 2.45) is 0 Å². The Morgan fingerprint density at radius 2 is 1.50 bits per heavy atom. The normalized spacial score (nSPS) is 11.8. The van der Waals surface area contributed by atoms with E-state index >= 15 is 0 Å². The van der Waals surface area contributed by atoms with Crippen molar-refractivity contribution in [2.45, 2.75) is 19.4 Å². The van der Waals surface area contributed by atoms with Crippen LogP contribution in [0.2, 0.25) is 0 Å². The molecule has 158 valence electrons. The summed E-state index contributed by atoms with van der Waals surface area (Å²) in [6.45, 7) is 5.39. The molecule has 4 heteroatoms. The van der Waals surface area contributed by atoms with Gasteiger partial charge in [-0.2, -0.15) is 0 Å². The van der Waals surface area contributed by atoms with Gasteiger partial charge in [-0.25, -0.2) is 0 Å². The first-order chi connectivity index (χ1) is 14.7. The van der Waals surface area contributed by atoms with E-state index in [1.54, 1.807) is 7.11 Å². The highest BCUT2D eigenvalue weighted by Gasteiger charge is 2.08. The third-order valence-electron chi connectivity index (χ3n) is 5.26. The van der Waals surface area contributed by atoms with Gasteiger partial charge < -0.3 is 19.7 Å². The van der Waals surface area contributed by atoms with Gasteiger partial charge in [0, 0.05) is 38.6 Å². The third kappa shape index (κ3) is 6.34. The zero-order valence-electron chi connectivity index (χ0n) is 18.2. The number of benzene rings is 3. The maximum Gasteiger partial charge on any atom is 0.119 e. The number of methoxy groups -OCH3 is 1. The molecule has 1 N–H and O–H groups in total. The van der Waals surface area contributed by atoms with Crippen molar-refractivity contribution < 1.29 is 9.47 Å². The van der Waals surface area contributed by atoms with Crippen LogP contribution in [0.4, 0.5) is 11.4 Å². The predicted molar refractivity (Wildman–Crippen MR) is 125 cm³/mol. The lowest BCUT2D eigenvalue weighted by molar-refractivity contribution is 0.199. The standard InChI is InChI=1S/C26H32N2O2/c1-21(19-27-17-18-29-3)23-9-11-24(12-10-23)28(2)25-13-15-26(16-14-25)30-20-22-7-5-4-6-8-22/h4-16,21,27H,17-20H2,1-3H3. The number of anilines is 2. The fourth-order valence-electron chi connectivity index (χ4n) is 3.29. The van der Waals surface area contributed by atoms with Gasteiger partial charge in [0.25, 0.3) is 0 Å². The Hall–Kier alpha value is -2.82. The van der Waals surface area contributed by atoms with E-state index < -0.39 is 0 Å². The summed E-state index contributed by atoms with van der Waals surface area (Å²) in [5.41, 5.74) is 4.80. The van der Waals surface area contributed by atoms with Gasteiger partial charge in [-0.15, -0.1) is 0 Å². The highest BCUT2D eigenvalue weighted by Crippen LogP contribution is 2.27. The zero-order valence-corrected chi connectivity index (χ0v) is 18.2. The first kappa shape index (κ1) is 21.9. The molecule has 0 amide bonds. The van der Waals surface area contributed by atoms with Gasteiger partial charge in [-0.3, -0.25) is 0 Å². The van der Waals surface area contributed by atoms with Crippen LogP contribution < -0.4 is 15.0 Å². The molecule has 3 aromatic rings. The van der Waals surface area contributed by atoms with Gasteiger partial charge in [0.05, 0.1) is 6.61 Å². The second kappa shape index (κ2) is 11.4. The average molecular weight is 405 g/mol. The second-order valence-electron chi connectivity index (χ2n) is 7.52. The van der Waals surface area contributed by atoms with Crippen LogP contribution in [-0.4, -0.2) is 33.9 Å². The van der Waals surface area contributed by atoms with Crippen LogP contribution in [0.3, 0.4) is 0 Å². The molecular formula is C26H32N2O2. The lowest BCUT2D eigenvalue weighted by atomic mass is 10.0. The molecule has 4 nitrogen and oxygen atoms in total. The van der Waals surface area contributed by atoms with Crippen LogP contribution in [0, 0.1) is 0 Å². The predicted octanol–water partition coefficient (Wildman–Crippen LogP) is 5.37. The van der Waals surface area contributed by atoms with E-state index in [1.165, 1.54) is 11.1 Å². The van der Waals surface area contributed by atoms with Crippen LogP contribution in [0.25, 0.3) is 0 Å². The van der Waals surface area contributed by atoms with Gasteiger partial charge in [-0.05, 0) is 53.4 Å². The number of nitrogens with zero attached hydrogens (tertiary/aromatic N) is 1. The monoisotopic (exact) mass is 404 g/mol. The molecule has 0 aromatic heterocycles. The van der Waals surface area contributed by atoms with Gasteiger partial charge in [0.1, 0.15) is 12.4 Å². The van der Waals surface area contributed by atoms with E-state index in [-0.39, 0.29) is 0 Å². The van der Waals surface area contributed by atoms with Gasteiger partial charge in [0.2, 0.25) is 0 Å². The Morgan fingerprint density at radius 3 is 2.13 bits per heavy atom. The Morgan fingerprint density at radius 1 is 0.867 bits per heavy atom. The van der Waals surface area contributed by atoms with Crippen LogP contribution in [0.15, 0.2) is 78.9 Å². The summed E-state index contributed by atoms with van der Waals surface area (Å²) in [4.78, 5) is 2.19. The molecule has 0 aliphatic rings. The molecule has 0 saturated heterocycles. The summed E-state index contributed by atoms with van der Waals surface area (Å²) in [7, 11) is 3.82. The Kier molecular flexibility index (Phi) is 8.30. The minimum absolute atomic E-state index is 0.460. The number of hydrogen-bond acceptors (Lipinski definition) is 4. The highest BCUT2D eigenvalue weighted by molar-refractivity contribution is 5.63. The number of ether oxygens (including phenoxy) is 2. The summed E-state index contributed by atoms with van der Waals surface area (Å²) in [6.07, 6.45) is 0. The second-order valence-corrected chi connectivity index (χ2v) is 7.52. The van der Waals surface area contributed by atoms with Crippen molar-refractivity contribution in [3.8, 4) is 5.75 Å². The molecule has 0 aliphatic heterocycles. The topological polar surface area (TPSA) is 33.7 Å². The average Bonchev–Trinajstić information content (AvgIpc) is 2.81. The van der Waals surface area contributed by atoms with E-state index in [2.05, 4.69) is 72.7 Å². The van der Waals surface area contributed by atoms with E-state index in [4.69, 9.17) is 9.47 Å². The molecule has 1 unspecified atom stereocenters. The molecule has 30 heavy (non-hydrogen) atoms. The summed E-state index contributed by atoms with van der Waals surface area (Å²) in [5, 5.41) is 3.43. The van der Waals surface area contributed by atoms with Crippen molar-refractivity contribution in [2.75, 3.05) is 38.8 Å². The molecule has 0 spiro atoms. The van der Waals surface area contributed by atoms with E-state index in [9.17, 15) is 0 Å². The minimum Gasteiger partial charge on any atom is -0.489 e. The van der Waals surface area contributed by atoms with Gasteiger partial charge in [0.15, 0.2) is 0 Å². The van der Waals surface area contributed by atoms with E-state index in [0.717, 1.165) is 36.8 Å². The largest absolute Gasteiger partial charge is 0.489 e. The molecule has 0 bridgehead atoms. The molecule has 0 fully saturated rings. The Labute approximate surface area is 180 Å². The maximum atomic E-state index is 5.89. The summed E-state index contributed by atoms with van der Waals surface area (Å²) >= 11 is 0. The quantitative estimate of drug-likeness (QED) is 0.436. The fraction of sp³-hybridized carbons (Fsp3) is 0.308. The van der Waals surface area contributed by atoms with Crippen molar-refractivity contribution in [1.29, 1.82) is 0 Å². The molecule has 1 atom stereocenters. The summed E-state index contributed by atoms with van der Waals surface area (Å²) in [6, 6.07) is 27.2. The van der Waals surface area contributed by atoms with E-state index in [0.29, 0.717) is 12.5 Å². The van der Waals surface area contributed by atoms with E-state index in [1.807, 2.05) is 30.3 Å². The first-order valence-corrected chi connectivity index (χ1v) is 10.5. The van der Waals surface area contributed by atoms with Gasteiger partial charge >= 0.3 is 0 Å². The maximum absolute atomic E-state index is 5.89. The minimum atomic E-state index is 0.460. The van der Waals surface area contributed by atoms with Gasteiger partial charge in [-0.1, -0.05) is 49.4 Å². The lowest BCUT2D eigenvalue weighted by Crippen LogP contribution is -2.23. The van der Waals surface area contributed by atoms with Crippen molar-refractivity contribution in [1.82, 2.24) is 5.32 Å². The van der Waals surface area contributed by atoms with Crippen LogP contribution in [0.5, 0.6) is 5.75 Å². The molecule has 0 heterocycles.